The molecule has 0 saturated carbocycles. The Morgan fingerprint density at radius 2 is 2.04 bits per heavy atom. The lowest BCUT2D eigenvalue weighted by atomic mass is 9.57. The summed E-state index contributed by atoms with van der Waals surface area (Å²) in [6, 6.07) is 6.73. The Kier molecular flexibility index (Phi) is 7.01. The van der Waals surface area contributed by atoms with Gasteiger partial charge in [0.1, 0.15) is 7.28 Å². The summed E-state index contributed by atoms with van der Waals surface area (Å²) in [5.74, 6) is 0.419. The molecule has 1 heterocycles. The number of allylic oxidation sites excluding steroid dienone is 2. The third kappa shape index (κ3) is 5.02. The quantitative estimate of drug-likeness (QED) is 0.484. The lowest BCUT2D eigenvalue weighted by Crippen LogP contribution is -2.40. The van der Waals surface area contributed by atoms with E-state index >= 15 is 0 Å². The van der Waals surface area contributed by atoms with Crippen molar-refractivity contribution < 1.29 is 0 Å². The van der Waals surface area contributed by atoms with E-state index in [1.165, 1.54) is 47.9 Å². The second-order valence-corrected chi connectivity index (χ2v) is 6.71. The normalized spacial score (nSPS) is 16.3. The molecule has 1 nitrogen and oxygen atoms in total. The van der Waals surface area contributed by atoms with E-state index in [2.05, 4.69) is 57.8 Å². The predicted molar refractivity (Wildman–Crippen MR) is 104 cm³/mol. The van der Waals surface area contributed by atoms with Crippen molar-refractivity contribution in [2.75, 3.05) is 0 Å². The van der Waals surface area contributed by atoms with Crippen LogP contribution in [0.15, 0.2) is 37.1 Å². The zero-order valence-corrected chi connectivity index (χ0v) is 15.0. The molecule has 1 atom stereocenters. The average molecular weight is 308 g/mol. The number of hydrogen-bond donors (Lipinski definition) is 1. The minimum absolute atomic E-state index is 0.419. The first-order chi connectivity index (χ1) is 11.2. The van der Waals surface area contributed by atoms with E-state index in [-0.39, 0.29) is 0 Å². The van der Waals surface area contributed by atoms with Gasteiger partial charge in [-0.05, 0) is 53.9 Å². The van der Waals surface area contributed by atoms with Gasteiger partial charge in [0.2, 0.25) is 0 Å². The molecule has 1 radical (unpaired) electrons. The highest BCUT2D eigenvalue weighted by Gasteiger charge is 2.22. The van der Waals surface area contributed by atoms with Crippen LogP contribution < -0.4 is 5.32 Å². The van der Waals surface area contributed by atoms with E-state index < -0.39 is 0 Å². The van der Waals surface area contributed by atoms with E-state index in [9.17, 15) is 0 Å². The van der Waals surface area contributed by atoms with Gasteiger partial charge in [0, 0.05) is 5.70 Å². The molecule has 1 N–H and O–H groups in total. The van der Waals surface area contributed by atoms with Gasteiger partial charge < -0.3 is 5.32 Å². The van der Waals surface area contributed by atoms with E-state index in [4.69, 9.17) is 0 Å². The summed E-state index contributed by atoms with van der Waals surface area (Å²) >= 11 is 0. The van der Waals surface area contributed by atoms with Gasteiger partial charge in [-0.25, -0.2) is 0 Å². The summed E-state index contributed by atoms with van der Waals surface area (Å²) in [6.45, 7) is 12.8. The van der Waals surface area contributed by atoms with Gasteiger partial charge in [0.25, 0.3) is 0 Å². The van der Waals surface area contributed by atoms with Crippen molar-refractivity contribution in [1.29, 1.82) is 0 Å². The SMILES string of the molecule is C=C(CC)NC1[B]Cc2c(cccc2C(=C)CCCCCC)C1. The van der Waals surface area contributed by atoms with Crippen LogP contribution in [0.25, 0.3) is 5.57 Å². The minimum atomic E-state index is 0.419. The number of benzene rings is 1. The van der Waals surface area contributed by atoms with Crippen LogP contribution in [0.4, 0.5) is 0 Å². The van der Waals surface area contributed by atoms with E-state index in [1.54, 1.807) is 0 Å². The van der Waals surface area contributed by atoms with Crippen molar-refractivity contribution in [2.24, 2.45) is 0 Å². The molecule has 0 saturated heterocycles. The molecule has 1 unspecified atom stereocenters. The molecule has 1 aromatic carbocycles. The van der Waals surface area contributed by atoms with Crippen LogP contribution in [0.5, 0.6) is 0 Å². The standard InChI is InChI=1S/C21H31BN/c1-5-7-8-9-11-16(3)19-13-10-12-18-14-21(22-15-20(18)19)23-17(4)6-2/h10,12-13,21,23H,3-9,11,14-15H2,1-2H3. The molecule has 2 rings (SSSR count). The molecule has 0 aromatic heterocycles. The maximum Gasteiger partial charge on any atom is 0.146 e. The summed E-state index contributed by atoms with van der Waals surface area (Å²) in [5, 5.41) is 3.53. The molecule has 123 valence electrons. The highest BCUT2D eigenvalue weighted by Crippen LogP contribution is 2.29. The van der Waals surface area contributed by atoms with E-state index in [1.807, 2.05) is 0 Å². The number of nitrogens with one attached hydrogen (secondary N) is 1. The highest BCUT2D eigenvalue weighted by atomic mass is 14.9. The van der Waals surface area contributed by atoms with Crippen molar-refractivity contribution in [3.8, 4) is 0 Å². The minimum Gasteiger partial charge on any atom is -0.394 e. The molecule has 0 bridgehead atoms. The molecule has 1 aliphatic heterocycles. The highest BCUT2D eigenvalue weighted by molar-refractivity contribution is 6.38. The van der Waals surface area contributed by atoms with Gasteiger partial charge in [0.05, 0.1) is 0 Å². The molecule has 23 heavy (non-hydrogen) atoms. The van der Waals surface area contributed by atoms with E-state index in [0.717, 1.165) is 31.3 Å². The fourth-order valence-corrected chi connectivity index (χ4v) is 3.35. The Morgan fingerprint density at radius 1 is 1.22 bits per heavy atom. The first-order valence-corrected chi connectivity index (χ1v) is 9.22. The molecule has 0 fully saturated rings. The summed E-state index contributed by atoms with van der Waals surface area (Å²) in [4.78, 5) is 0. The predicted octanol–water partition coefficient (Wildman–Crippen LogP) is 5.27. The van der Waals surface area contributed by atoms with Crippen molar-refractivity contribution in [3.63, 3.8) is 0 Å². The third-order valence-electron chi connectivity index (χ3n) is 4.85. The Hall–Kier alpha value is -1.44. The third-order valence-corrected chi connectivity index (χ3v) is 4.85. The molecular formula is C21H31BN. The molecule has 1 aliphatic rings. The second kappa shape index (κ2) is 9.01. The maximum atomic E-state index is 4.37. The van der Waals surface area contributed by atoms with Crippen LogP contribution in [-0.4, -0.2) is 13.2 Å². The number of hydrogen-bond acceptors (Lipinski definition) is 1. The maximum absolute atomic E-state index is 4.37. The van der Waals surface area contributed by atoms with Crippen LogP contribution >= 0.6 is 0 Å². The topological polar surface area (TPSA) is 12.0 Å². The summed E-state index contributed by atoms with van der Waals surface area (Å²) < 4.78 is 0. The smallest absolute Gasteiger partial charge is 0.146 e. The van der Waals surface area contributed by atoms with Crippen LogP contribution in [-0.2, 0) is 12.7 Å². The monoisotopic (exact) mass is 308 g/mol. The molecular weight excluding hydrogens is 277 g/mol. The fourth-order valence-electron chi connectivity index (χ4n) is 3.35. The Balaban J connectivity index is 2.01. The van der Waals surface area contributed by atoms with Gasteiger partial charge in [-0.15, -0.1) is 0 Å². The van der Waals surface area contributed by atoms with Crippen molar-refractivity contribution >= 4 is 12.9 Å². The number of unbranched alkanes of at least 4 members (excludes halogenated alkanes) is 3. The van der Waals surface area contributed by atoms with Crippen LogP contribution in [0.2, 0.25) is 0 Å². The largest absolute Gasteiger partial charge is 0.394 e. The van der Waals surface area contributed by atoms with Gasteiger partial charge in [-0.2, -0.15) is 0 Å². The Morgan fingerprint density at radius 3 is 2.78 bits per heavy atom. The van der Waals surface area contributed by atoms with Crippen LogP contribution in [0, 0.1) is 0 Å². The summed E-state index contributed by atoms with van der Waals surface area (Å²) in [7, 11) is 2.40. The molecule has 0 spiro atoms. The Labute approximate surface area is 143 Å². The Bertz CT molecular complexity index is 547. The van der Waals surface area contributed by atoms with Gasteiger partial charge in [0.15, 0.2) is 0 Å². The first-order valence-electron chi connectivity index (χ1n) is 9.22. The molecule has 1 aromatic rings. The lowest BCUT2D eigenvalue weighted by Gasteiger charge is -2.28. The molecule has 0 amide bonds. The molecule has 0 aliphatic carbocycles. The fraction of sp³-hybridized carbons (Fsp3) is 0.524. The second-order valence-electron chi connectivity index (χ2n) is 6.71. The first kappa shape index (κ1) is 17.9. The number of fused-ring (bicyclic) bond motifs is 1. The summed E-state index contributed by atoms with van der Waals surface area (Å²) in [6.07, 6.45) is 9.43. The molecule has 2 heteroatoms. The van der Waals surface area contributed by atoms with Gasteiger partial charge >= 0.3 is 0 Å². The van der Waals surface area contributed by atoms with Crippen molar-refractivity contribution in [1.82, 2.24) is 5.32 Å². The zero-order chi connectivity index (χ0) is 16.7. The van der Waals surface area contributed by atoms with E-state index in [0.29, 0.717) is 5.94 Å². The zero-order valence-electron chi connectivity index (χ0n) is 15.0. The summed E-state index contributed by atoms with van der Waals surface area (Å²) in [5.41, 5.74) is 6.80. The van der Waals surface area contributed by atoms with Crippen LogP contribution in [0.1, 0.15) is 69.1 Å². The number of rotatable bonds is 9. The lowest BCUT2D eigenvalue weighted by molar-refractivity contribution is 0.676. The van der Waals surface area contributed by atoms with Gasteiger partial charge in [-0.1, -0.05) is 70.8 Å². The van der Waals surface area contributed by atoms with Gasteiger partial charge in [-0.3, -0.25) is 0 Å². The van der Waals surface area contributed by atoms with Crippen molar-refractivity contribution in [2.45, 2.75) is 71.1 Å². The van der Waals surface area contributed by atoms with Crippen molar-refractivity contribution in [3.05, 3.63) is 53.7 Å². The van der Waals surface area contributed by atoms with Crippen LogP contribution in [0.3, 0.4) is 0 Å². The average Bonchev–Trinajstić information content (AvgIpc) is 2.57.